The number of carbonyl (C=O) groups excluding carboxylic acids is 1. The largest absolute Gasteiger partial charge is 0.394 e. The molecule has 0 bridgehead atoms. The maximum Gasteiger partial charge on any atom is 0.223 e. The van der Waals surface area contributed by atoms with E-state index in [9.17, 15) is 4.79 Å². The first-order chi connectivity index (χ1) is 7.88. The second-order valence-electron chi connectivity index (χ2n) is 5.50. The summed E-state index contributed by atoms with van der Waals surface area (Å²) < 4.78 is 5.67. The molecule has 1 rings (SSSR count). The van der Waals surface area contributed by atoms with E-state index in [1.54, 1.807) is 4.90 Å². The molecular formula is C12H24N2O3. The van der Waals surface area contributed by atoms with E-state index in [0.29, 0.717) is 26.1 Å². The van der Waals surface area contributed by atoms with Crippen molar-refractivity contribution in [3.63, 3.8) is 0 Å². The Balaban J connectivity index is 2.60. The minimum atomic E-state index is -0.396. The Morgan fingerprint density at radius 2 is 2.29 bits per heavy atom. The van der Waals surface area contributed by atoms with Crippen molar-refractivity contribution in [3.05, 3.63) is 0 Å². The molecule has 1 aliphatic heterocycles. The normalized spacial score (nSPS) is 25.7. The van der Waals surface area contributed by atoms with Gasteiger partial charge in [-0.15, -0.1) is 0 Å². The molecule has 2 unspecified atom stereocenters. The van der Waals surface area contributed by atoms with Crippen LogP contribution < -0.4 is 5.73 Å². The standard InChI is InChI=1S/C12H24N2O3/c1-9(5-13)4-11(16)14-6-10(7-15)17-12(2,3)8-14/h9-10,15H,4-8,13H2,1-3H3. The molecule has 5 nitrogen and oxygen atoms in total. The van der Waals surface area contributed by atoms with Crippen molar-refractivity contribution in [2.24, 2.45) is 11.7 Å². The molecule has 1 amide bonds. The summed E-state index contributed by atoms with van der Waals surface area (Å²) in [6.45, 7) is 7.33. The van der Waals surface area contributed by atoms with E-state index >= 15 is 0 Å². The zero-order valence-corrected chi connectivity index (χ0v) is 11.0. The fraction of sp³-hybridized carbons (Fsp3) is 0.917. The average Bonchev–Trinajstić information content (AvgIpc) is 2.26. The van der Waals surface area contributed by atoms with Crippen molar-refractivity contribution in [2.75, 3.05) is 26.2 Å². The number of amides is 1. The average molecular weight is 244 g/mol. The van der Waals surface area contributed by atoms with Crippen LogP contribution in [0.2, 0.25) is 0 Å². The van der Waals surface area contributed by atoms with Crippen LogP contribution in [0, 0.1) is 5.92 Å². The topological polar surface area (TPSA) is 75.8 Å². The predicted octanol–water partition coefficient (Wildman–Crippen LogP) is -0.0304. The van der Waals surface area contributed by atoms with Crippen LogP contribution >= 0.6 is 0 Å². The summed E-state index contributed by atoms with van der Waals surface area (Å²) in [5.74, 6) is 0.291. The van der Waals surface area contributed by atoms with E-state index in [2.05, 4.69) is 0 Å². The van der Waals surface area contributed by atoms with E-state index < -0.39 is 5.60 Å². The summed E-state index contributed by atoms with van der Waals surface area (Å²) in [6.07, 6.45) is 0.181. The lowest BCUT2D eigenvalue weighted by atomic mass is 10.0. The lowest BCUT2D eigenvalue weighted by Crippen LogP contribution is -2.55. The quantitative estimate of drug-likeness (QED) is 0.728. The molecule has 1 aliphatic rings. The van der Waals surface area contributed by atoms with Crippen LogP contribution in [-0.2, 0) is 9.53 Å². The van der Waals surface area contributed by atoms with Crippen molar-refractivity contribution >= 4 is 5.91 Å². The first-order valence-corrected chi connectivity index (χ1v) is 6.14. The Kier molecular flexibility index (Phi) is 4.91. The number of aliphatic hydroxyl groups excluding tert-OH is 1. The summed E-state index contributed by atoms with van der Waals surface area (Å²) in [6, 6.07) is 0. The first kappa shape index (κ1) is 14.4. The van der Waals surface area contributed by atoms with Gasteiger partial charge in [0.15, 0.2) is 0 Å². The van der Waals surface area contributed by atoms with Gasteiger partial charge in [0, 0.05) is 19.5 Å². The molecule has 0 aliphatic carbocycles. The number of ether oxygens (including phenoxy) is 1. The van der Waals surface area contributed by atoms with E-state index in [1.807, 2.05) is 20.8 Å². The highest BCUT2D eigenvalue weighted by Gasteiger charge is 2.35. The van der Waals surface area contributed by atoms with Crippen LogP contribution in [0.5, 0.6) is 0 Å². The van der Waals surface area contributed by atoms with Gasteiger partial charge in [0.05, 0.1) is 18.3 Å². The number of nitrogens with zero attached hydrogens (tertiary/aromatic N) is 1. The summed E-state index contributed by atoms with van der Waals surface area (Å²) in [5, 5.41) is 9.17. The first-order valence-electron chi connectivity index (χ1n) is 6.14. The molecule has 0 saturated carbocycles. The summed E-state index contributed by atoms with van der Waals surface area (Å²) in [5.41, 5.74) is 5.13. The number of morpholine rings is 1. The fourth-order valence-electron chi connectivity index (χ4n) is 2.09. The summed E-state index contributed by atoms with van der Waals surface area (Å²) in [4.78, 5) is 13.8. The third-order valence-electron chi connectivity index (χ3n) is 2.96. The van der Waals surface area contributed by atoms with Crippen molar-refractivity contribution < 1.29 is 14.6 Å². The van der Waals surface area contributed by atoms with Crippen LogP contribution in [0.25, 0.3) is 0 Å². The third kappa shape index (κ3) is 4.26. The minimum absolute atomic E-state index is 0.0559. The zero-order valence-electron chi connectivity index (χ0n) is 11.0. The molecule has 0 radical (unpaired) electrons. The third-order valence-corrected chi connectivity index (χ3v) is 2.96. The second-order valence-corrected chi connectivity index (χ2v) is 5.50. The van der Waals surface area contributed by atoms with Gasteiger partial charge in [-0.1, -0.05) is 6.92 Å². The van der Waals surface area contributed by atoms with Crippen molar-refractivity contribution in [2.45, 2.75) is 38.9 Å². The molecule has 1 saturated heterocycles. The van der Waals surface area contributed by atoms with Crippen LogP contribution in [0.1, 0.15) is 27.2 Å². The molecule has 3 N–H and O–H groups in total. The van der Waals surface area contributed by atoms with Crippen LogP contribution in [0.3, 0.4) is 0 Å². The fourth-order valence-corrected chi connectivity index (χ4v) is 2.09. The van der Waals surface area contributed by atoms with Crippen molar-refractivity contribution in [1.82, 2.24) is 4.90 Å². The SMILES string of the molecule is CC(CN)CC(=O)N1CC(CO)OC(C)(C)C1. The monoisotopic (exact) mass is 244 g/mol. The molecule has 5 heteroatoms. The maximum atomic E-state index is 12.0. The van der Waals surface area contributed by atoms with Gasteiger partial charge in [0.25, 0.3) is 0 Å². The van der Waals surface area contributed by atoms with Gasteiger partial charge < -0.3 is 20.5 Å². The highest BCUT2D eigenvalue weighted by Crippen LogP contribution is 2.22. The summed E-state index contributed by atoms with van der Waals surface area (Å²) in [7, 11) is 0. The number of hydrogen-bond donors (Lipinski definition) is 2. The number of aliphatic hydroxyl groups is 1. The number of rotatable bonds is 4. The molecule has 0 aromatic carbocycles. The van der Waals surface area contributed by atoms with E-state index in [4.69, 9.17) is 15.6 Å². The smallest absolute Gasteiger partial charge is 0.223 e. The predicted molar refractivity (Wildman–Crippen MR) is 65.5 cm³/mol. The lowest BCUT2D eigenvalue weighted by Gasteiger charge is -2.42. The molecule has 1 fully saturated rings. The minimum Gasteiger partial charge on any atom is -0.394 e. The number of hydrogen-bond acceptors (Lipinski definition) is 4. The van der Waals surface area contributed by atoms with Crippen LogP contribution in [-0.4, -0.2) is 53.9 Å². The number of nitrogens with two attached hydrogens (primary N) is 1. The van der Waals surface area contributed by atoms with Gasteiger partial charge in [-0.05, 0) is 26.3 Å². The molecule has 1 heterocycles. The lowest BCUT2D eigenvalue weighted by molar-refractivity contribution is -0.167. The highest BCUT2D eigenvalue weighted by molar-refractivity contribution is 5.76. The molecule has 100 valence electrons. The Bertz CT molecular complexity index is 268. The Hall–Kier alpha value is -0.650. The maximum absolute atomic E-state index is 12.0. The molecule has 2 atom stereocenters. The van der Waals surface area contributed by atoms with Gasteiger partial charge >= 0.3 is 0 Å². The van der Waals surface area contributed by atoms with Crippen molar-refractivity contribution in [3.8, 4) is 0 Å². The second kappa shape index (κ2) is 5.80. The highest BCUT2D eigenvalue weighted by atomic mass is 16.5. The van der Waals surface area contributed by atoms with Gasteiger partial charge in [-0.25, -0.2) is 0 Å². The van der Waals surface area contributed by atoms with Gasteiger partial charge in [-0.3, -0.25) is 4.79 Å². The van der Waals surface area contributed by atoms with E-state index in [1.165, 1.54) is 0 Å². The Labute approximate surface area is 103 Å². The molecule has 0 spiro atoms. The van der Waals surface area contributed by atoms with Gasteiger partial charge in [0.1, 0.15) is 0 Å². The van der Waals surface area contributed by atoms with Crippen molar-refractivity contribution in [1.29, 1.82) is 0 Å². The van der Waals surface area contributed by atoms with Crippen LogP contribution in [0.4, 0.5) is 0 Å². The molecule has 0 aromatic heterocycles. The number of carbonyl (C=O) groups is 1. The Morgan fingerprint density at radius 1 is 1.65 bits per heavy atom. The zero-order chi connectivity index (χ0) is 13.1. The van der Waals surface area contributed by atoms with Gasteiger partial charge in [-0.2, -0.15) is 0 Å². The summed E-state index contributed by atoms with van der Waals surface area (Å²) >= 11 is 0. The van der Waals surface area contributed by atoms with E-state index in [-0.39, 0.29) is 24.5 Å². The van der Waals surface area contributed by atoms with E-state index in [0.717, 1.165) is 0 Å². The molecule has 0 aromatic rings. The Morgan fingerprint density at radius 3 is 2.82 bits per heavy atom. The van der Waals surface area contributed by atoms with Gasteiger partial charge in [0.2, 0.25) is 5.91 Å². The molecular weight excluding hydrogens is 220 g/mol. The van der Waals surface area contributed by atoms with Crippen LogP contribution in [0.15, 0.2) is 0 Å². The molecule has 17 heavy (non-hydrogen) atoms.